The van der Waals surface area contributed by atoms with Gasteiger partial charge >= 0.3 is 0 Å². The maximum Gasteiger partial charge on any atom is -0.0176 e. The summed E-state index contributed by atoms with van der Waals surface area (Å²) in [5.74, 6) is 0. The van der Waals surface area contributed by atoms with Crippen LogP contribution in [-0.2, 0) is 0 Å². The SMILES string of the molecule is C=C(CC)C(C)(C)C.CC.CC. The van der Waals surface area contributed by atoms with Gasteiger partial charge in [0.2, 0.25) is 0 Å². The molecule has 0 aromatic rings. The highest BCUT2D eigenvalue weighted by atomic mass is 14.2. The Morgan fingerprint density at radius 2 is 1.25 bits per heavy atom. The first-order valence-electron chi connectivity index (χ1n) is 5.16. The summed E-state index contributed by atoms with van der Waals surface area (Å²) in [4.78, 5) is 0. The van der Waals surface area contributed by atoms with Gasteiger partial charge in [-0.2, -0.15) is 0 Å². The van der Waals surface area contributed by atoms with Gasteiger partial charge in [0, 0.05) is 0 Å². The number of hydrogen-bond acceptors (Lipinski definition) is 0. The lowest BCUT2D eigenvalue weighted by Crippen LogP contribution is -2.06. The summed E-state index contributed by atoms with van der Waals surface area (Å²) in [6.45, 7) is 20.7. The van der Waals surface area contributed by atoms with Gasteiger partial charge < -0.3 is 0 Å². The average molecular weight is 172 g/mol. The van der Waals surface area contributed by atoms with Crippen molar-refractivity contribution in [2.75, 3.05) is 0 Å². The molecule has 0 saturated carbocycles. The van der Waals surface area contributed by atoms with Crippen LogP contribution >= 0.6 is 0 Å². The minimum atomic E-state index is 0.314. The van der Waals surface area contributed by atoms with Crippen molar-refractivity contribution < 1.29 is 0 Å². The third kappa shape index (κ3) is 12.4. The summed E-state index contributed by atoms with van der Waals surface area (Å²) in [6.07, 6.45) is 1.10. The first-order valence-corrected chi connectivity index (χ1v) is 5.16. The van der Waals surface area contributed by atoms with Gasteiger partial charge in [-0.25, -0.2) is 0 Å². The van der Waals surface area contributed by atoms with E-state index in [0.29, 0.717) is 5.41 Å². The molecular weight excluding hydrogens is 144 g/mol. The number of allylic oxidation sites excluding steroid dienone is 1. The lowest BCUT2D eigenvalue weighted by molar-refractivity contribution is 0.490. The largest absolute Gasteiger partial charge is 0.0993 e. The van der Waals surface area contributed by atoms with E-state index < -0.39 is 0 Å². The van der Waals surface area contributed by atoms with Crippen LogP contribution in [0.4, 0.5) is 0 Å². The van der Waals surface area contributed by atoms with Crippen LogP contribution in [0.3, 0.4) is 0 Å². The fourth-order valence-electron chi connectivity index (χ4n) is 0.530. The molecule has 0 radical (unpaired) electrons. The standard InChI is InChI=1S/C8H16.2C2H6/c1-6-7(2)8(3,4)5;2*1-2/h2,6H2,1,3-5H3;2*1-2H3. The fraction of sp³-hybridized carbons (Fsp3) is 0.833. The zero-order valence-electron chi connectivity index (χ0n) is 10.4. The fourth-order valence-corrected chi connectivity index (χ4v) is 0.530. The van der Waals surface area contributed by atoms with Crippen LogP contribution < -0.4 is 0 Å². The zero-order chi connectivity index (χ0) is 10.8. The smallest absolute Gasteiger partial charge is 0.0176 e. The molecule has 0 saturated heterocycles. The molecule has 0 aliphatic rings. The quantitative estimate of drug-likeness (QED) is 0.485. The van der Waals surface area contributed by atoms with Gasteiger partial charge in [0.1, 0.15) is 0 Å². The van der Waals surface area contributed by atoms with Crippen molar-refractivity contribution in [3.05, 3.63) is 12.2 Å². The van der Waals surface area contributed by atoms with Gasteiger partial charge in [-0.05, 0) is 11.8 Å². The minimum Gasteiger partial charge on any atom is -0.0993 e. The Kier molecular flexibility index (Phi) is 15.9. The van der Waals surface area contributed by atoms with Crippen LogP contribution in [0.2, 0.25) is 0 Å². The normalized spacial score (nSPS) is 8.67. The summed E-state index contributed by atoms with van der Waals surface area (Å²) in [6, 6.07) is 0. The van der Waals surface area contributed by atoms with Crippen LogP contribution in [0.1, 0.15) is 61.8 Å². The van der Waals surface area contributed by atoms with Gasteiger partial charge in [-0.15, -0.1) is 0 Å². The van der Waals surface area contributed by atoms with Crippen molar-refractivity contribution in [1.82, 2.24) is 0 Å². The Morgan fingerprint density at radius 1 is 1.00 bits per heavy atom. The van der Waals surface area contributed by atoms with Crippen molar-refractivity contribution in [1.29, 1.82) is 0 Å². The molecule has 0 nitrogen and oxygen atoms in total. The molecule has 12 heavy (non-hydrogen) atoms. The summed E-state index contributed by atoms with van der Waals surface area (Å²) in [5, 5.41) is 0. The van der Waals surface area contributed by atoms with Gasteiger partial charge in [-0.3, -0.25) is 0 Å². The molecule has 0 rings (SSSR count). The molecule has 0 N–H and O–H groups in total. The third-order valence-corrected chi connectivity index (χ3v) is 1.49. The first-order chi connectivity index (χ1) is 5.48. The minimum absolute atomic E-state index is 0.314. The van der Waals surface area contributed by atoms with Crippen LogP contribution in [0.25, 0.3) is 0 Å². The predicted molar refractivity (Wildman–Crippen MR) is 61.6 cm³/mol. The van der Waals surface area contributed by atoms with Crippen LogP contribution in [-0.4, -0.2) is 0 Å². The van der Waals surface area contributed by atoms with E-state index in [1.165, 1.54) is 5.57 Å². The Labute approximate surface area is 80.1 Å². The highest BCUT2D eigenvalue weighted by Crippen LogP contribution is 2.25. The molecule has 0 aromatic heterocycles. The molecule has 0 bridgehead atoms. The number of rotatable bonds is 1. The lowest BCUT2D eigenvalue weighted by atomic mass is 9.86. The summed E-state index contributed by atoms with van der Waals surface area (Å²) >= 11 is 0. The topological polar surface area (TPSA) is 0 Å². The Balaban J connectivity index is -0.000000175. The van der Waals surface area contributed by atoms with Crippen molar-refractivity contribution in [2.45, 2.75) is 61.8 Å². The van der Waals surface area contributed by atoms with E-state index in [-0.39, 0.29) is 0 Å². The van der Waals surface area contributed by atoms with Gasteiger partial charge in [-0.1, -0.05) is 67.5 Å². The molecule has 76 valence electrons. The van der Waals surface area contributed by atoms with Gasteiger partial charge in [0.15, 0.2) is 0 Å². The van der Waals surface area contributed by atoms with Crippen molar-refractivity contribution >= 4 is 0 Å². The van der Waals surface area contributed by atoms with E-state index in [1.54, 1.807) is 0 Å². The van der Waals surface area contributed by atoms with Gasteiger partial charge in [0.25, 0.3) is 0 Å². The second kappa shape index (κ2) is 10.7. The molecule has 0 atom stereocenters. The monoisotopic (exact) mass is 172 g/mol. The maximum atomic E-state index is 3.94. The number of hydrogen-bond donors (Lipinski definition) is 0. The van der Waals surface area contributed by atoms with E-state index in [2.05, 4.69) is 34.3 Å². The third-order valence-electron chi connectivity index (χ3n) is 1.49. The Morgan fingerprint density at radius 3 is 1.25 bits per heavy atom. The van der Waals surface area contributed by atoms with E-state index >= 15 is 0 Å². The van der Waals surface area contributed by atoms with Crippen molar-refractivity contribution in [3.8, 4) is 0 Å². The molecular formula is C12H28. The van der Waals surface area contributed by atoms with Crippen LogP contribution in [0.15, 0.2) is 12.2 Å². The van der Waals surface area contributed by atoms with Crippen LogP contribution in [0, 0.1) is 5.41 Å². The van der Waals surface area contributed by atoms with E-state index in [1.807, 2.05) is 27.7 Å². The summed E-state index contributed by atoms with van der Waals surface area (Å²) < 4.78 is 0. The molecule has 0 aliphatic carbocycles. The lowest BCUT2D eigenvalue weighted by Gasteiger charge is -2.19. The van der Waals surface area contributed by atoms with E-state index in [4.69, 9.17) is 0 Å². The molecule has 0 spiro atoms. The molecule has 0 fully saturated rings. The molecule has 0 unspecified atom stereocenters. The zero-order valence-corrected chi connectivity index (χ0v) is 10.4. The second-order valence-electron chi connectivity index (χ2n) is 3.21. The average Bonchev–Trinajstić information content (AvgIpc) is 2.08. The maximum absolute atomic E-state index is 3.94. The highest BCUT2D eigenvalue weighted by Gasteiger charge is 2.11. The Bertz CT molecular complexity index is 82.7. The van der Waals surface area contributed by atoms with E-state index in [0.717, 1.165) is 6.42 Å². The second-order valence-corrected chi connectivity index (χ2v) is 3.21. The first kappa shape index (κ1) is 17.7. The van der Waals surface area contributed by atoms with Crippen molar-refractivity contribution in [3.63, 3.8) is 0 Å². The Hall–Kier alpha value is -0.260. The molecule has 0 heterocycles. The summed E-state index contributed by atoms with van der Waals surface area (Å²) in [7, 11) is 0. The molecule has 0 aromatic carbocycles. The van der Waals surface area contributed by atoms with Crippen molar-refractivity contribution in [2.24, 2.45) is 5.41 Å². The van der Waals surface area contributed by atoms with E-state index in [9.17, 15) is 0 Å². The molecule has 0 aliphatic heterocycles. The predicted octanol–water partition coefficient (Wildman–Crippen LogP) is 5.05. The molecule has 0 heteroatoms. The van der Waals surface area contributed by atoms with Gasteiger partial charge in [0.05, 0.1) is 0 Å². The molecule has 0 amide bonds. The summed E-state index contributed by atoms with van der Waals surface area (Å²) in [5.41, 5.74) is 1.65. The van der Waals surface area contributed by atoms with Crippen LogP contribution in [0.5, 0.6) is 0 Å². The highest BCUT2D eigenvalue weighted by molar-refractivity contribution is 5.03.